The van der Waals surface area contributed by atoms with Crippen LogP contribution in [0.1, 0.15) is 23.3 Å². The zero-order valence-corrected chi connectivity index (χ0v) is 9.87. The van der Waals surface area contributed by atoms with E-state index in [4.69, 9.17) is 15.9 Å². The molecule has 0 aliphatic rings. The number of carboxylic acids is 2. The average molecular weight is 267 g/mol. The van der Waals surface area contributed by atoms with E-state index in [0.29, 0.717) is 0 Å². The first kappa shape index (κ1) is 14.4. The van der Waals surface area contributed by atoms with Crippen LogP contribution in [0.2, 0.25) is 0 Å². The summed E-state index contributed by atoms with van der Waals surface area (Å²) in [5, 5.41) is 19.6. The molecule has 1 rings (SSSR count). The van der Waals surface area contributed by atoms with Gasteiger partial charge >= 0.3 is 11.9 Å². The Morgan fingerprint density at radius 1 is 1.37 bits per heavy atom. The summed E-state index contributed by atoms with van der Waals surface area (Å²) in [5.74, 6) is -3.21. The third kappa shape index (κ3) is 4.26. The van der Waals surface area contributed by atoms with Crippen LogP contribution < -0.4 is 11.1 Å². The summed E-state index contributed by atoms with van der Waals surface area (Å²) < 4.78 is 0. The van der Waals surface area contributed by atoms with Crippen LogP contribution in [-0.2, 0) is 9.59 Å². The van der Waals surface area contributed by atoms with Gasteiger partial charge in [0.1, 0.15) is 6.04 Å². The molecule has 0 aliphatic heterocycles. The molecule has 1 aromatic heterocycles. The van der Waals surface area contributed by atoms with Crippen molar-refractivity contribution in [3.8, 4) is 0 Å². The van der Waals surface area contributed by atoms with Crippen LogP contribution in [-0.4, -0.2) is 39.1 Å². The maximum atomic E-state index is 11.8. The van der Waals surface area contributed by atoms with Gasteiger partial charge in [0.2, 0.25) is 0 Å². The molecule has 19 heavy (non-hydrogen) atoms. The Bertz CT molecular complexity index is 503. The molecule has 102 valence electrons. The van der Waals surface area contributed by atoms with E-state index in [9.17, 15) is 14.4 Å². The number of carbonyl (C=O) groups is 3. The number of anilines is 1. The van der Waals surface area contributed by atoms with Crippen molar-refractivity contribution in [3.05, 3.63) is 24.0 Å². The number of aromatic nitrogens is 1. The topological polar surface area (TPSA) is 143 Å². The highest BCUT2D eigenvalue weighted by molar-refractivity contribution is 5.99. The molecule has 0 fully saturated rings. The van der Waals surface area contributed by atoms with Gasteiger partial charge in [-0.05, 0) is 18.6 Å². The molecule has 1 heterocycles. The molecule has 0 aromatic carbocycles. The summed E-state index contributed by atoms with van der Waals surface area (Å²) in [6, 6.07) is 1.69. The van der Waals surface area contributed by atoms with Crippen LogP contribution in [0, 0.1) is 0 Å². The molecule has 0 bridgehead atoms. The number of carboxylic acid groups (broad SMARTS) is 2. The predicted molar refractivity (Wildman–Crippen MR) is 64.4 cm³/mol. The molecule has 0 aliphatic carbocycles. The Hall–Kier alpha value is -2.64. The molecule has 1 amide bonds. The number of nitrogens with zero attached hydrogens (tertiary/aromatic N) is 1. The molecule has 1 atom stereocenters. The SMILES string of the molecule is Nc1cccnc1C(=O)NC(CCC(=O)O)C(=O)O. The summed E-state index contributed by atoms with van der Waals surface area (Å²) >= 11 is 0. The summed E-state index contributed by atoms with van der Waals surface area (Å²) in [6.45, 7) is 0. The van der Waals surface area contributed by atoms with E-state index in [2.05, 4.69) is 10.3 Å². The largest absolute Gasteiger partial charge is 0.481 e. The molecule has 8 heteroatoms. The third-order valence-corrected chi connectivity index (χ3v) is 2.30. The summed E-state index contributed by atoms with van der Waals surface area (Å²) in [7, 11) is 0. The highest BCUT2D eigenvalue weighted by atomic mass is 16.4. The number of amides is 1. The highest BCUT2D eigenvalue weighted by Crippen LogP contribution is 2.08. The lowest BCUT2D eigenvalue weighted by atomic mass is 10.1. The smallest absolute Gasteiger partial charge is 0.326 e. The number of nitrogens with two attached hydrogens (primary N) is 1. The number of hydrogen-bond acceptors (Lipinski definition) is 5. The minimum Gasteiger partial charge on any atom is -0.481 e. The fraction of sp³-hybridized carbons (Fsp3) is 0.273. The van der Waals surface area contributed by atoms with Crippen molar-refractivity contribution in [1.29, 1.82) is 0 Å². The number of pyridine rings is 1. The fourth-order valence-corrected chi connectivity index (χ4v) is 1.36. The maximum absolute atomic E-state index is 11.8. The molecule has 0 radical (unpaired) electrons. The summed E-state index contributed by atoms with van der Waals surface area (Å²) in [4.78, 5) is 36.8. The van der Waals surface area contributed by atoms with Crippen molar-refractivity contribution in [3.63, 3.8) is 0 Å². The Morgan fingerprint density at radius 2 is 2.05 bits per heavy atom. The minimum absolute atomic E-state index is 0.0934. The summed E-state index contributed by atoms with van der Waals surface area (Å²) in [5.41, 5.74) is 5.55. The lowest BCUT2D eigenvalue weighted by Crippen LogP contribution is -2.41. The van der Waals surface area contributed by atoms with Crippen molar-refractivity contribution in [2.75, 3.05) is 5.73 Å². The number of nitrogens with one attached hydrogen (secondary N) is 1. The van der Waals surface area contributed by atoms with Crippen molar-refractivity contribution < 1.29 is 24.6 Å². The third-order valence-electron chi connectivity index (χ3n) is 2.30. The Balaban J connectivity index is 2.74. The number of carbonyl (C=O) groups excluding carboxylic acids is 1. The van der Waals surface area contributed by atoms with E-state index < -0.39 is 23.9 Å². The van der Waals surface area contributed by atoms with Gasteiger partial charge in [-0.1, -0.05) is 0 Å². The van der Waals surface area contributed by atoms with Gasteiger partial charge in [0.05, 0.1) is 5.69 Å². The van der Waals surface area contributed by atoms with E-state index >= 15 is 0 Å². The number of aliphatic carboxylic acids is 2. The second-order valence-corrected chi connectivity index (χ2v) is 3.74. The van der Waals surface area contributed by atoms with Crippen LogP contribution >= 0.6 is 0 Å². The van der Waals surface area contributed by atoms with E-state index in [1.807, 2.05) is 0 Å². The van der Waals surface area contributed by atoms with Crippen LogP contribution in [0.5, 0.6) is 0 Å². The Labute approximate surface area is 108 Å². The standard InChI is InChI=1S/C11H13N3O5/c12-6-2-1-5-13-9(6)10(17)14-7(11(18)19)3-4-8(15)16/h1-2,5,7H,3-4,12H2,(H,14,17)(H,15,16)(H,18,19). The monoisotopic (exact) mass is 267 g/mol. The first-order chi connectivity index (χ1) is 8.91. The second-order valence-electron chi connectivity index (χ2n) is 3.74. The van der Waals surface area contributed by atoms with Gasteiger partial charge < -0.3 is 21.3 Å². The van der Waals surface area contributed by atoms with Gasteiger partial charge in [0.25, 0.3) is 5.91 Å². The number of hydrogen-bond donors (Lipinski definition) is 4. The molecule has 0 saturated carbocycles. The lowest BCUT2D eigenvalue weighted by Gasteiger charge is -2.13. The van der Waals surface area contributed by atoms with Gasteiger partial charge in [0, 0.05) is 12.6 Å². The quantitative estimate of drug-likeness (QED) is 0.554. The molecule has 5 N–H and O–H groups in total. The lowest BCUT2D eigenvalue weighted by molar-refractivity contribution is -0.140. The molecular formula is C11H13N3O5. The molecular weight excluding hydrogens is 254 g/mol. The first-order valence-corrected chi connectivity index (χ1v) is 5.37. The second kappa shape index (κ2) is 6.34. The first-order valence-electron chi connectivity index (χ1n) is 5.37. The molecule has 1 aromatic rings. The van der Waals surface area contributed by atoms with Gasteiger partial charge in [-0.15, -0.1) is 0 Å². The maximum Gasteiger partial charge on any atom is 0.326 e. The molecule has 0 saturated heterocycles. The van der Waals surface area contributed by atoms with Gasteiger partial charge in [0.15, 0.2) is 5.69 Å². The average Bonchev–Trinajstić information content (AvgIpc) is 2.34. The zero-order valence-electron chi connectivity index (χ0n) is 9.87. The van der Waals surface area contributed by atoms with E-state index in [1.54, 1.807) is 0 Å². The Kier molecular flexibility index (Phi) is 4.81. The van der Waals surface area contributed by atoms with Crippen molar-refractivity contribution >= 4 is 23.5 Å². The van der Waals surface area contributed by atoms with Crippen LogP contribution in [0.15, 0.2) is 18.3 Å². The summed E-state index contributed by atoms with van der Waals surface area (Å²) in [6.07, 6.45) is 0.760. The Morgan fingerprint density at radius 3 is 2.58 bits per heavy atom. The fourth-order valence-electron chi connectivity index (χ4n) is 1.36. The molecule has 1 unspecified atom stereocenters. The van der Waals surface area contributed by atoms with Crippen molar-refractivity contribution in [2.45, 2.75) is 18.9 Å². The molecule has 0 spiro atoms. The minimum atomic E-state index is -1.32. The van der Waals surface area contributed by atoms with Crippen LogP contribution in [0.3, 0.4) is 0 Å². The van der Waals surface area contributed by atoms with Crippen molar-refractivity contribution in [2.24, 2.45) is 0 Å². The van der Waals surface area contributed by atoms with Crippen molar-refractivity contribution in [1.82, 2.24) is 10.3 Å². The van der Waals surface area contributed by atoms with E-state index in [-0.39, 0.29) is 24.2 Å². The van der Waals surface area contributed by atoms with Gasteiger partial charge in [-0.25, -0.2) is 9.78 Å². The zero-order chi connectivity index (χ0) is 14.4. The molecule has 8 nitrogen and oxygen atoms in total. The van der Waals surface area contributed by atoms with E-state index in [0.717, 1.165) is 0 Å². The predicted octanol–water partition coefficient (Wildman–Crippen LogP) is -0.288. The van der Waals surface area contributed by atoms with Gasteiger partial charge in [-0.3, -0.25) is 9.59 Å². The van der Waals surface area contributed by atoms with Crippen LogP contribution in [0.4, 0.5) is 5.69 Å². The normalized spacial score (nSPS) is 11.6. The van der Waals surface area contributed by atoms with E-state index in [1.165, 1.54) is 18.3 Å². The highest BCUT2D eigenvalue weighted by Gasteiger charge is 2.22. The number of rotatable bonds is 6. The number of nitrogen functional groups attached to an aromatic ring is 1. The van der Waals surface area contributed by atoms with Gasteiger partial charge in [-0.2, -0.15) is 0 Å². The van der Waals surface area contributed by atoms with Crippen LogP contribution in [0.25, 0.3) is 0 Å².